The summed E-state index contributed by atoms with van der Waals surface area (Å²) in [6.07, 6.45) is 0.322. The van der Waals surface area contributed by atoms with Gasteiger partial charge in [0.25, 0.3) is 0 Å². The summed E-state index contributed by atoms with van der Waals surface area (Å²) in [7, 11) is 0. The normalized spacial score (nSPS) is 29.3. The quantitative estimate of drug-likeness (QED) is 0.730. The van der Waals surface area contributed by atoms with Crippen molar-refractivity contribution in [3.63, 3.8) is 0 Å². The summed E-state index contributed by atoms with van der Waals surface area (Å²) < 4.78 is 31.6. The van der Waals surface area contributed by atoms with Crippen molar-refractivity contribution < 1.29 is 18.3 Å². The molecule has 0 aromatic heterocycles. The standard InChI is InChI=1S/C12H18BrF2NO2/c13-7-10-8-16(5-6-18-10)11(17)9-1-3-12(14,15)4-2-9/h9-10H,1-8H2. The molecule has 0 radical (unpaired) electrons. The summed E-state index contributed by atoms with van der Waals surface area (Å²) in [5, 5.41) is 0.694. The van der Waals surface area contributed by atoms with Gasteiger partial charge >= 0.3 is 0 Å². The first kappa shape index (κ1) is 14.2. The van der Waals surface area contributed by atoms with Crippen molar-refractivity contribution in [3.05, 3.63) is 0 Å². The van der Waals surface area contributed by atoms with Gasteiger partial charge in [0.15, 0.2) is 0 Å². The van der Waals surface area contributed by atoms with Gasteiger partial charge in [0, 0.05) is 37.2 Å². The highest BCUT2D eigenvalue weighted by Crippen LogP contribution is 2.37. The molecule has 0 spiro atoms. The van der Waals surface area contributed by atoms with E-state index in [9.17, 15) is 13.6 Å². The van der Waals surface area contributed by atoms with Crippen LogP contribution in [-0.4, -0.2) is 47.9 Å². The van der Waals surface area contributed by atoms with E-state index >= 15 is 0 Å². The van der Waals surface area contributed by atoms with Gasteiger partial charge in [-0.25, -0.2) is 8.78 Å². The lowest BCUT2D eigenvalue weighted by Gasteiger charge is -2.36. The third-order valence-electron chi connectivity index (χ3n) is 3.69. The molecule has 1 unspecified atom stereocenters. The van der Waals surface area contributed by atoms with Crippen molar-refractivity contribution in [2.75, 3.05) is 25.0 Å². The zero-order chi connectivity index (χ0) is 13.2. The molecule has 1 saturated carbocycles. The van der Waals surface area contributed by atoms with Gasteiger partial charge in [0.1, 0.15) is 0 Å². The first-order valence-corrected chi connectivity index (χ1v) is 7.48. The Morgan fingerprint density at radius 3 is 2.67 bits per heavy atom. The summed E-state index contributed by atoms with van der Waals surface area (Å²) in [6.45, 7) is 1.68. The molecule has 1 aliphatic heterocycles. The summed E-state index contributed by atoms with van der Waals surface area (Å²) in [5.41, 5.74) is 0. The summed E-state index contributed by atoms with van der Waals surface area (Å²) in [4.78, 5) is 14.0. The lowest BCUT2D eigenvalue weighted by atomic mass is 9.86. The first-order chi connectivity index (χ1) is 8.52. The molecule has 0 aromatic rings. The molecule has 6 heteroatoms. The summed E-state index contributed by atoms with van der Waals surface area (Å²) in [6, 6.07) is 0. The molecule has 0 bridgehead atoms. The molecule has 104 valence electrons. The number of hydrogen-bond donors (Lipinski definition) is 0. The van der Waals surface area contributed by atoms with Crippen LogP contribution in [-0.2, 0) is 9.53 Å². The van der Waals surface area contributed by atoms with Crippen LogP contribution >= 0.6 is 15.9 Å². The van der Waals surface area contributed by atoms with Gasteiger partial charge in [-0.2, -0.15) is 0 Å². The highest BCUT2D eigenvalue weighted by Gasteiger charge is 2.39. The van der Waals surface area contributed by atoms with Crippen molar-refractivity contribution in [2.45, 2.75) is 37.7 Å². The van der Waals surface area contributed by atoms with Gasteiger partial charge in [-0.3, -0.25) is 4.79 Å². The van der Waals surface area contributed by atoms with Crippen LogP contribution in [0.1, 0.15) is 25.7 Å². The summed E-state index contributed by atoms with van der Waals surface area (Å²) in [5.74, 6) is -2.77. The van der Waals surface area contributed by atoms with Gasteiger partial charge in [-0.15, -0.1) is 0 Å². The maximum absolute atomic E-state index is 13.0. The monoisotopic (exact) mass is 325 g/mol. The lowest BCUT2D eigenvalue weighted by Crippen LogP contribution is -2.49. The minimum absolute atomic E-state index is 0.0210. The first-order valence-electron chi connectivity index (χ1n) is 6.36. The van der Waals surface area contributed by atoms with Crippen LogP contribution in [0.5, 0.6) is 0 Å². The Balaban J connectivity index is 1.87. The van der Waals surface area contributed by atoms with E-state index in [2.05, 4.69) is 15.9 Å². The van der Waals surface area contributed by atoms with Crippen molar-refractivity contribution in [1.82, 2.24) is 4.90 Å². The second kappa shape index (κ2) is 5.82. The molecule has 2 aliphatic rings. The molecule has 0 N–H and O–H groups in total. The number of nitrogens with zero attached hydrogens (tertiary/aromatic N) is 1. The molecule has 18 heavy (non-hydrogen) atoms. The number of morpholine rings is 1. The molecule has 1 aliphatic carbocycles. The fourth-order valence-corrected chi connectivity index (χ4v) is 2.95. The van der Waals surface area contributed by atoms with Crippen LogP contribution < -0.4 is 0 Å². The Morgan fingerprint density at radius 2 is 2.06 bits per heavy atom. The molecule has 1 saturated heterocycles. The molecular weight excluding hydrogens is 308 g/mol. The van der Waals surface area contributed by atoms with Crippen LogP contribution in [0, 0.1) is 5.92 Å². The van der Waals surface area contributed by atoms with E-state index in [1.807, 2.05) is 0 Å². The molecule has 3 nitrogen and oxygen atoms in total. The second-order valence-corrected chi connectivity index (χ2v) is 5.71. The van der Waals surface area contributed by atoms with E-state index in [-0.39, 0.29) is 30.8 Å². The lowest BCUT2D eigenvalue weighted by molar-refractivity contribution is -0.146. The van der Waals surface area contributed by atoms with Crippen LogP contribution in [0.4, 0.5) is 8.78 Å². The van der Waals surface area contributed by atoms with E-state index < -0.39 is 5.92 Å². The van der Waals surface area contributed by atoms with Crippen LogP contribution in [0.3, 0.4) is 0 Å². The number of halogens is 3. The molecular formula is C12H18BrF2NO2. The zero-order valence-electron chi connectivity index (χ0n) is 10.2. The Kier molecular flexibility index (Phi) is 4.59. The minimum Gasteiger partial charge on any atom is -0.374 e. The second-order valence-electron chi connectivity index (χ2n) is 5.06. The Labute approximate surface area is 114 Å². The Hall–Kier alpha value is -0.230. The number of alkyl halides is 3. The third-order valence-corrected chi connectivity index (χ3v) is 4.41. The van der Waals surface area contributed by atoms with Gasteiger partial charge in [0.2, 0.25) is 11.8 Å². The molecule has 0 aromatic carbocycles. The van der Waals surface area contributed by atoms with Crippen LogP contribution in [0.2, 0.25) is 0 Å². The van der Waals surface area contributed by atoms with E-state index in [4.69, 9.17) is 4.74 Å². The highest BCUT2D eigenvalue weighted by molar-refractivity contribution is 9.09. The van der Waals surface area contributed by atoms with E-state index in [1.54, 1.807) is 4.90 Å². The van der Waals surface area contributed by atoms with E-state index in [0.717, 1.165) is 0 Å². The van der Waals surface area contributed by atoms with Crippen LogP contribution in [0.25, 0.3) is 0 Å². The number of carbonyl (C=O) groups excluding carboxylic acids is 1. The average Bonchev–Trinajstić information content (AvgIpc) is 2.38. The predicted molar refractivity (Wildman–Crippen MR) is 67.0 cm³/mol. The minimum atomic E-state index is -2.57. The van der Waals surface area contributed by atoms with Crippen molar-refractivity contribution >= 4 is 21.8 Å². The Bertz CT molecular complexity index is 304. The molecule has 2 fully saturated rings. The third kappa shape index (κ3) is 3.41. The maximum Gasteiger partial charge on any atom is 0.248 e. The fraction of sp³-hybridized carbons (Fsp3) is 0.917. The molecule has 1 amide bonds. The number of hydrogen-bond acceptors (Lipinski definition) is 2. The highest BCUT2D eigenvalue weighted by atomic mass is 79.9. The SMILES string of the molecule is O=C(C1CCC(F)(F)CC1)N1CCOC(CBr)C1. The van der Waals surface area contributed by atoms with E-state index in [1.165, 1.54) is 0 Å². The molecule has 1 atom stereocenters. The predicted octanol–water partition coefficient (Wildman–Crippen LogP) is 2.43. The summed E-state index contributed by atoms with van der Waals surface area (Å²) >= 11 is 3.34. The van der Waals surface area contributed by atoms with Gasteiger partial charge in [-0.1, -0.05) is 15.9 Å². The maximum atomic E-state index is 13.0. The molecule has 2 rings (SSSR count). The Morgan fingerprint density at radius 1 is 1.39 bits per heavy atom. The van der Waals surface area contributed by atoms with Crippen molar-refractivity contribution in [3.8, 4) is 0 Å². The number of ether oxygens (including phenoxy) is 1. The topological polar surface area (TPSA) is 29.5 Å². The zero-order valence-corrected chi connectivity index (χ0v) is 11.8. The molecule has 1 heterocycles. The van der Waals surface area contributed by atoms with Crippen LogP contribution in [0.15, 0.2) is 0 Å². The van der Waals surface area contributed by atoms with Gasteiger partial charge < -0.3 is 9.64 Å². The fourth-order valence-electron chi connectivity index (χ4n) is 2.56. The largest absolute Gasteiger partial charge is 0.374 e. The van der Waals surface area contributed by atoms with Crippen molar-refractivity contribution in [2.24, 2.45) is 5.92 Å². The average molecular weight is 326 g/mol. The number of amides is 1. The van der Waals surface area contributed by atoms with Gasteiger partial charge in [-0.05, 0) is 12.8 Å². The van der Waals surface area contributed by atoms with E-state index in [0.29, 0.717) is 37.9 Å². The number of carbonyl (C=O) groups is 1. The van der Waals surface area contributed by atoms with Crippen molar-refractivity contribution in [1.29, 1.82) is 0 Å². The van der Waals surface area contributed by atoms with Gasteiger partial charge in [0.05, 0.1) is 12.7 Å². The number of rotatable bonds is 2. The smallest absolute Gasteiger partial charge is 0.248 e.